The van der Waals surface area contributed by atoms with Crippen LogP contribution in [0.4, 0.5) is 0 Å². The lowest BCUT2D eigenvalue weighted by Gasteiger charge is -2.03. The van der Waals surface area contributed by atoms with E-state index < -0.39 is 0 Å². The average molecular weight is 221 g/mol. The molecule has 2 rings (SSSR count). The normalized spacial score (nSPS) is 10.2. The van der Waals surface area contributed by atoms with Gasteiger partial charge in [-0.05, 0) is 36.8 Å². The lowest BCUT2D eigenvalue weighted by Crippen LogP contribution is -1.97. The number of benzene rings is 1. The number of hydrogen-bond donors (Lipinski definition) is 2. The van der Waals surface area contributed by atoms with Crippen LogP contribution in [0.1, 0.15) is 11.4 Å². The van der Waals surface area contributed by atoms with E-state index in [0.717, 1.165) is 5.75 Å². The van der Waals surface area contributed by atoms with Gasteiger partial charge in [0, 0.05) is 0 Å². The van der Waals surface area contributed by atoms with Gasteiger partial charge in [0.05, 0.1) is 0 Å². The molecule has 0 bridgehead atoms. The van der Waals surface area contributed by atoms with Crippen LogP contribution in [0.5, 0.6) is 5.75 Å². The smallest absolute Gasteiger partial charge is 0.213 e. The fourth-order valence-corrected chi connectivity index (χ4v) is 1.39. The Balaban J connectivity index is 2.02. The number of aromatic nitrogens is 3. The van der Waals surface area contributed by atoms with Crippen molar-refractivity contribution in [2.45, 2.75) is 13.5 Å². The summed E-state index contributed by atoms with van der Waals surface area (Å²) in [5, 5.41) is 5.54. The van der Waals surface area contributed by atoms with Crippen molar-refractivity contribution in [1.29, 1.82) is 0 Å². The predicted octanol–water partition coefficient (Wildman–Crippen LogP) is 2.35. The minimum atomic E-state index is 0.386. The zero-order valence-corrected chi connectivity index (χ0v) is 9.10. The fraction of sp³-hybridized carbons (Fsp3) is 0.200. The maximum absolute atomic E-state index is 5.53. The molecule has 4 nitrogen and oxygen atoms in total. The Morgan fingerprint density at radius 1 is 1.40 bits per heavy atom. The highest BCUT2D eigenvalue weighted by Gasteiger charge is 1.98. The number of hydrogen-bond acceptors (Lipinski definition) is 3. The highest BCUT2D eigenvalue weighted by atomic mass is 32.1. The number of aryl methyl sites for hydroxylation is 1. The molecule has 0 unspecified atom stereocenters. The number of aromatic amines is 2. The molecule has 0 amide bonds. The van der Waals surface area contributed by atoms with Gasteiger partial charge in [-0.15, -0.1) is 0 Å². The van der Waals surface area contributed by atoms with E-state index in [1.807, 2.05) is 31.2 Å². The van der Waals surface area contributed by atoms with Crippen LogP contribution in [0.3, 0.4) is 0 Å². The van der Waals surface area contributed by atoms with Gasteiger partial charge in [-0.1, -0.05) is 12.1 Å². The highest BCUT2D eigenvalue weighted by molar-refractivity contribution is 7.71. The first kappa shape index (κ1) is 9.92. The van der Waals surface area contributed by atoms with E-state index in [4.69, 9.17) is 17.0 Å². The van der Waals surface area contributed by atoms with Gasteiger partial charge in [-0.25, -0.2) is 4.98 Å². The van der Waals surface area contributed by atoms with Crippen molar-refractivity contribution in [3.63, 3.8) is 0 Å². The van der Waals surface area contributed by atoms with E-state index in [-0.39, 0.29) is 0 Å². The average Bonchev–Trinajstić information content (AvgIpc) is 2.62. The maximum Gasteiger partial charge on any atom is 0.213 e. The lowest BCUT2D eigenvalue weighted by atomic mass is 10.2. The molecule has 1 aromatic carbocycles. The summed E-state index contributed by atoms with van der Waals surface area (Å²) in [7, 11) is 0. The van der Waals surface area contributed by atoms with Crippen molar-refractivity contribution in [2.75, 3.05) is 0 Å². The molecule has 0 aliphatic heterocycles. The summed E-state index contributed by atoms with van der Waals surface area (Å²) in [6, 6.07) is 7.86. The lowest BCUT2D eigenvalue weighted by molar-refractivity contribution is 0.296. The first-order chi connectivity index (χ1) is 7.24. The topological polar surface area (TPSA) is 53.7 Å². The quantitative estimate of drug-likeness (QED) is 0.782. The van der Waals surface area contributed by atoms with E-state index in [2.05, 4.69) is 15.2 Å². The zero-order chi connectivity index (χ0) is 10.7. The van der Waals surface area contributed by atoms with Gasteiger partial charge in [0.15, 0.2) is 5.82 Å². The Morgan fingerprint density at radius 3 is 2.93 bits per heavy atom. The van der Waals surface area contributed by atoms with Gasteiger partial charge in [0.2, 0.25) is 4.77 Å². The third kappa shape index (κ3) is 2.66. The summed E-state index contributed by atoms with van der Waals surface area (Å²) in [5.41, 5.74) is 1.17. The van der Waals surface area contributed by atoms with Crippen LogP contribution in [0.2, 0.25) is 0 Å². The van der Waals surface area contributed by atoms with E-state index >= 15 is 0 Å². The van der Waals surface area contributed by atoms with Gasteiger partial charge in [-0.2, -0.15) is 0 Å². The zero-order valence-electron chi connectivity index (χ0n) is 8.28. The summed E-state index contributed by atoms with van der Waals surface area (Å²) >= 11 is 4.83. The van der Waals surface area contributed by atoms with Gasteiger partial charge >= 0.3 is 0 Å². The van der Waals surface area contributed by atoms with Crippen LogP contribution >= 0.6 is 12.2 Å². The van der Waals surface area contributed by atoms with Crippen molar-refractivity contribution in [3.05, 3.63) is 40.4 Å². The Morgan fingerprint density at radius 2 is 2.27 bits per heavy atom. The SMILES string of the molecule is Cc1cccc(OCc2nc(=S)[nH][nH]2)c1. The monoisotopic (exact) mass is 221 g/mol. The summed E-state index contributed by atoms with van der Waals surface area (Å²) in [4.78, 5) is 4.03. The molecule has 0 radical (unpaired) electrons. The Kier molecular flexibility index (Phi) is 2.82. The van der Waals surface area contributed by atoms with Gasteiger partial charge < -0.3 is 4.74 Å². The predicted molar refractivity (Wildman–Crippen MR) is 59.3 cm³/mol. The van der Waals surface area contributed by atoms with Gasteiger partial charge in [0.1, 0.15) is 12.4 Å². The minimum Gasteiger partial charge on any atom is -0.486 e. The molecule has 0 fully saturated rings. The number of nitrogens with zero attached hydrogens (tertiary/aromatic N) is 1. The molecular formula is C10H11N3OS. The Bertz CT molecular complexity index is 503. The van der Waals surface area contributed by atoms with Crippen LogP contribution in [0.25, 0.3) is 0 Å². The summed E-state index contributed by atoms with van der Waals surface area (Å²) < 4.78 is 5.97. The van der Waals surface area contributed by atoms with E-state index in [1.165, 1.54) is 5.56 Å². The number of H-pyrrole nitrogens is 2. The van der Waals surface area contributed by atoms with E-state index in [0.29, 0.717) is 17.2 Å². The first-order valence-electron chi connectivity index (χ1n) is 4.57. The maximum atomic E-state index is 5.53. The van der Waals surface area contributed by atoms with Crippen molar-refractivity contribution in [2.24, 2.45) is 0 Å². The molecule has 1 aromatic heterocycles. The molecule has 1 heterocycles. The third-order valence-electron chi connectivity index (χ3n) is 1.92. The van der Waals surface area contributed by atoms with Crippen LogP contribution < -0.4 is 4.74 Å². The number of ether oxygens (including phenoxy) is 1. The highest BCUT2D eigenvalue weighted by Crippen LogP contribution is 2.13. The molecule has 0 spiro atoms. The van der Waals surface area contributed by atoms with Crippen LogP contribution in [0.15, 0.2) is 24.3 Å². The summed E-state index contributed by atoms with van der Waals surface area (Å²) in [6.45, 7) is 2.41. The molecule has 5 heteroatoms. The second-order valence-corrected chi connectivity index (χ2v) is 3.61. The molecule has 0 saturated carbocycles. The van der Waals surface area contributed by atoms with Crippen LogP contribution in [-0.2, 0) is 6.61 Å². The minimum absolute atomic E-state index is 0.386. The summed E-state index contributed by atoms with van der Waals surface area (Å²) in [6.07, 6.45) is 0. The molecule has 0 saturated heterocycles. The summed E-state index contributed by atoms with van der Waals surface area (Å²) in [5.74, 6) is 1.53. The molecule has 0 atom stereocenters. The third-order valence-corrected chi connectivity index (χ3v) is 2.11. The Labute approximate surface area is 92.3 Å². The van der Waals surface area contributed by atoms with Gasteiger partial charge in [0.25, 0.3) is 0 Å². The molecule has 2 aromatic rings. The van der Waals surface area contributed by atoms with Crippen molar-refractivity contribution in [1.82, 2.24) is 15.2 Å². The number of rotatable bonds is 3. The molecule has 78 valence electrons. The van der Waals surface area contributed by atoms with Gasteiger partial charge in [-0.3, -0.25) is 10.2 Å². The van der Waals surface area contributed by atoms with E-state index in [1.54, 1.807) is 0 Å². The first-order valence-corrected chi connectivity index (χ1v) is 4.98. The standard InChI is InChI=1S/C10H11N3OS/c1-7-3-2-4-8(5-7)14-6-9-11-10(15)13-12-9/h2-5H,6H2,1H3,(H2,11,12,13,15). The Hall–Kier alpha value is -1.62. The van der Waals surface area contributed by atoms with Crippen molar-refractivity contribution >= 4 is 12.2 Å². The van der Waals surface area contributed by atoms with Crippen molar-refractivity contribution < 1.29 is 4.74 Å². The van der Waals surface area contributed by atoms with Crippen LogP contribution in [-0.4, -0.2) is 15.2 Å². The molecule has 2 N–H and O–H groups in total. The largest absolute Gasteiger partial charge is 0.486 e. The molecule has 15 heavy (non-hydrogen) atoms. The second kappa shape index (κ2) is 4.27. The molecular weight excluding hydrogens is 210 g/mol. The van der Waals surface area contributed by atoms with Crippen LogP contribution in [0, 0.1) is 11.7 Å². The number of nitrogens with one attached hydrogen (secondary N) is 2. The fourth-order valence-electron chi connectivity index (χ4n) is 1.23. The van der Waals surface area contributed by atoms with E-state index in [9.17, 15) is 0 Å². The van der Waals surface area contributed by atoms with Crippen molar-refractivity contribution in [3.8, 4) is 5.75 Å². The molecule has 0 aliphatic carbocycles. The second-order valence-electron chi connectivity index (χ2n) is 3.22. The molecule has 0 aliphatic rings.